The quantitative estimate of drug-likeness (QED) is 0.606. The molecule has 4 rings (SSSR count). The van der Waals surface area contributed by atoms with Gasteiger partial charge in [-0.3, -0.25) is 0 Å². The highest BCUT2D eigenvalue weighted by atomic mass is 35.5. The van der Waals surface area contributed by atoms with Gasteiger partial charge in [0.2, 0.25) is 26.6 Å². The molecule has 29 heavy (non-hydrogen) atoms. The van der Waals surface area contributed by atoms with Crippen molar-refractivity contribution in [2.24, 2.45) is 0 Å². The molecule has 6 nitrogen and oxygen atoms in total. The summed E-state index contributed by atoms with van der Waals surface area (Å²) in [4.78, 5) is 4.47. The zero-order chi connectivity index (χ0) is 20.4. The number of aromatic nitrogens is 1. The first kappa shape index (κ1) is 19.9. The third kappa shape index (κ3) is 4.17. The van der Waals surface area contributed by atoms with E-state index in [0.29, 0.717) is 23.7 Å². The van der Waals surface area contributed by atoms with Crippen LogP contribution in [0.4, 0.5) is 5.88 Å². The summed E-state index contributed by atoms with van der Waals surface area (Å²) < 4.78 is 38.0. The fraction of sp³-hybridized carbons (Fsp3) is 0.286. The number of anilines is 1. The van der Waals surface area contributed by atoms with E-state index in [1.165, 1.54) is 0 Å². The Hall–Kier alpha value is -2.35. The number of nitrogens with zero attached hydrogens (tertiary/aromatic N) is 1. The lowest BCUT2D eigenvalue weighted by Crippen LogP contribution is -2.19. The third-order valence-corrected chi connectivity index (χ3v) is 6.81. The van der Waals surface area contributed by atoms with E-state index >= 15 is 0 Å². The first-order valence-electron chi connectivity index (χ1n) is 9.38. The number of rotatable bonds is 6. The number of aryl methyl sites for hydroxylation is 1. The highest BCUT2D eigenvalue weighted by Gasteiger charge is 2.29. The molecule has 2 heterocycles. The minimum Gasteiger partial charge on any atom is -0.419 e. The van der Waals surface area contributed by atoms with E-state index in [-0.39, 0.29) is 27.8 Å². The molecule has 3 aromatic rings. The molecule has 0 radical (unpaired) electrons. The average Bonchev–Trinajstić information content (AvgIpc) is 3.37. The average molecular weight is 433 g/mol. The number of hydrogen-bond acceptors (Lipinski definition) is 6. The SMILES string of the molecule is Cc1ccc(S(=O)(=O)c2nc(-c3ccccc3Cl)oc2NCC2CCCO2)cc1. The van der Waals surface area contributed by atoms with E-state index in [1.807, 2.05) is 6.92 Å². The summed E-state index contributed by atoms with van der Waals surface area (Å²) in [6.07, 6.45) is 1.92. The Morgan fingerprint density at radius 2 is 1.93 bits per heavy atom. The van der Waals surface area contributed by atoms with Crippen LogP contribution in [-0.4, -0.2) is 32.7 Å². The lowest BCUT2D eigenvalue weighted by Gasteiger charge is -2.10. The molecule has 2 aromatic carbocycles. The van der Waals surface area contributed by atoms with Gasteiger partial charge in [0.25, 0.3) is 0 Å². The summed E-state index contributed by atoms with van der Waals surface area (Å²) in [6.45, 7) is 3.05. The van der Waals surface area contributed by atoms with Crippen molar-refractivity contribution in [3.8, 4) is 11.5 Å². The van der Waals surface area contributed by atoms with Crippen molar-refractivity contribution in [1.29, 1.82) is 0 Å². The van der Waals surface area contributed by atoms with E-state index in [1.54, 1.807) is 48.5 Å². The van der Waals surface area contributed by atoms with Gasteiger partial charge in [0.05, 0.1) is 21.6 Å². The standard InChI is InChI=1S/C21H21ClN2O4S/c1-14-8-10-16(11-9-14)29(25,26)21-20(23-13-15-5-4-12-27-15)28-19(24-21)17-6-2-3-7-18(17)22/h2-3,6-11,15,23H,4-5,12-13H2,1H3. The molecule has 0 spiro atoms. The van der Waals surface area contributed by atoms with Crippen LogP contribution in [0.1, 0.15) is 18.4 Å². The normalized spacial score (nSPS) is 16.8. The zero-order valence-electron chi connectivity index (χ0n) is 15.9. The molecule has 1 aliphatic rings. The van der Waals surface area contributed by atoms with Crippen LogP contribution in [0.3, 0.4) is 0 Å². The number of halogens is 1. The van der Waals surface area contributed by atoms with Gasteiger partial charge in [0, 0.05) is 13.2 Å². The molecule has 0 amide bonds. The van der Waals surface area contributed by atoms with E-state index in [9.17, 15) is 8.42 Å². The minimum absolute atomic E-state index is 0.0128. The monoisotopic (exact) mass is 432 g/mol. The second-order valence-electron chi connectivity index (χ2n) is 6.97. The van der Waals surface area contributed by atoms with Gasteiger partial charge in [0.15, 0.2) is 0 Å². The van der Waals surface area contributed by atoms with E-state index in [2.05, 4.69) is 10.3 Å². The van der Waals surface area contributed by atoms with Crippen molar-refractivity contribution in [3.05, 3.63) is 59.1 Å². The van der Waals surface area contributed by atoms with Gasteiger partial charge in [-0.15, -0.1) is 0 Å². The van der Waals surface area contributed by atoms with Gasteiger partial charge >= 0.3 is 0 Å². The van der Waals surface area contributed by atoms with Crippen LogP contribution in [0, 0.1) is 6.92 Å². The van der Waals surface area contributed by atoms with Crippen molar-refractivity contribution in [3.63, 3.8) is 0 Å². The predicted octanol–water partition coefficient (Wildman–Crippen LogP) is 4.73. The van der Waals surface area contributed by atoms with Gasteiger partial charge in [-0.1, -0.05) is 41.4 Å². The molecule has 0 saturated carbocycles. The Labute approximate surface area is 174 Å². The number of nitrogens with one attached hydrogen (secondary N) is 1. The van der Waals surface area contributed by atoms with Crippen molar-refractivity contribution in [1.82, 2.24) is 4.98 Å². The summed E-state index contributed by atoms with van der Waals surface area (Å²) in [5.74, 6) is 0.243. The number of sulfone groups is 1. The molecule has 1 aliphatic heterocycles. The highest BCUT2D eigenvalue weighted by molar-refractivity contribution is 7.91. The van der Waals surface area contributed by atoms with Crippen molar-refractivity contribution in [2.75, 3.05) is 18.5 Å². The number of hydrogen-bond donors (Lipinski definition) is 1. The third-order valence-electron chi connectivity index (χ3n) is 4.80. The summed E-state index contributed by atoms with van der Waals surface area (Å²) in [5.41, 5.74) is 1.50. The Balaban J connectivity index is 1.75. The maximum atomic E-state index is 13.3. The lowest BCUT2D eigenvalue weighted by molar-refractivity contribution is 0.120. The van der Waals surface area contributed by atoms with E-state index < -0.39 is 9.84 Å². The van der Waals surface area contributed by atoms with Crippen LogP contribution in [0.15, 0.2) is 62.9 Å². The molecule has 0 aliphatic carbocycles. The number of oxazole rings is 1. The van der Waals surface area contributed by atoms with Crippen LogP contribution >= 0.6 is 11.6 Å². The maximum absolute atomic E-state index is 13.3. The van der Waals surface area contributed by atoms with Crippen LogP contribution in [0.2, 0.25) is 5.02 Å². The maximum Gasteiger partial charge on any atom is 0.233 e. The Morgan fingerprint density at radius 3 is 2.62 bits per heavy atom. The molecular weight excluding hydrogens is 412 g/mol. The zero-order valence-corrected chi connectivity index (χ0v) is 17.5. The second-order valence-corrected chi connectivity index (χ2v) is 9.24. The van der Waals surface area contributed by atoms with Gasteiger partial charge in [-0.05, 0) is 44.0 Å². The molecule has 0 bridgehead atoms. The first-order chi connectivity index (χ1) is 13.9. The lowest BCUT2D eigenvalue weighted by atomic mass is 10.2. The van der Waals surface area contributed by atoms with Crippen molar-refractivity contribution in [2.45, 2.75) is 35.8 Å². The molecule has 152 valence electrons. The molecule has 1 fully saturated rings. The molecule has 1 N–H and O–H groups in total. The van der Waals surface area contributed by atoms with Gasteiger partial charge in [-0.2, -0.15) is 4.98 Å². The summed E-state index contributed by atoms with van der Waals surface area (Å²) in [6, 6.07) is 13.7. The topological polar surface area (TPSA) is 81.4 Å². The van der Waals surface area contributed by atoms with Crippen molar-refractivity contribution >= 4 is 27.3 Å². The molecular formula is C21H21ClN2O4S. The second kappa shape index (κ2) is 8.18. The Morgan fingerprint density at radius 1 is 1.17 bits per heavy atom. The molecule has 8 heteroatoms. The summed E-state index contributed by atoms with van der Waals surface area (Å²) in [7, 11) is -3.88. The Bertz CT molecular complexity index is 1100. The minimum atomic E-state index is -3.88. The molecule has 1 atom stereocenters. The first-order valence-corrected chi connectivity index (χ1v) is 11.2. The molecule has 1 saturated heterocycles. The molecule has 1 unspecified atom stereocenters. The number of ether oxygens (including phenoxy) is 1. The van der Waals surface area contributed by atoms with Crippen LogP contribution < -0.4 is 5.32 Å². The summed E-state index contributed by atoms with van der Waals surface area (Å²) >= 11 is 6.26. The van der Waals surface area contributed by atoms with Gasteiger partial charge in [0.1, 0.15) is 0 Å². The highest BCUT2D eigenvalue weighted by Crippen LogP contribution is 2.35. The van der Waals surface area contributed by atoms with Gasteiger partial charge in [-0.25, -0.2) is 8.42 Å². The van der Waals surface area contributed by atoms with Crippen molar-refractivity contribution < 1.29 is 17.6 Å². The summed E-state index contributed by atoms with van der Waals surface area (Å²) in [5, 5.41) is 3.35. The largest absolute Gasteiger partial charge is 0.419 e. The van der Waals surface area contributed by atoms with E-state index in [0.717, 1.165) is 18.4 Å². The van der Waals surface area contributed by atoms with Crippen LogP contribution in [0.5, 0.6) is 0 Å². The fourth-order valence-electron chi connectivity index (χ4n) is 3.19. The fourth-order valence-corrected chi connectivity index (χ4v) is 4.69. The molecule has 1 aromatic heterocycles. The Kier molecular flexibility index (Phi) is 5.63. The van der Waals surface area contributed by atoms with E-state index in [4.69, 9.17) is 20.8 Å². The smallest absolute Gasteiger partial charge is 0.233 e. The van der Waals surface area contributed by atoms with Crippen LogP contribution in [0.25, 0.3) is 11.5 Å². The predicted molar refractivity (Wildman–Crippen MR) is 111 cm³/mol. The van der Waals surface area contributed by atoms with Crippen LogP contribution in [-0.2, 0) is 14.6 Å². The number of benzene rings is 2. The van der Waals surface area contributed by atoms with Gasteiger partial charge < -0.3 is 14.5 Å².